The van der Waals surface area contributed by atoms with Gasteiger partial charge in [0.05, 0.1) is 13.2 Å². The quantitative estimate of drug-likeness (QED) is 0.644. The smallest absolute Gasteiger partial charge is 0.0716 e. The van der Waals surface area contributed by atoms with Gasteiger partial charge < -0.3 is 9.47 Å². The van der Waals surface area contributed by atoms with Crippen LogP contribution in [0.25, 0.3) is 0 Å². The van der Waals surface area contributed by atoms with Crippen LogP contribution in [-0.2, 0) is 22.5 Å². The Hall–Kier alpha value is -1.64. The molecule has 0 fully saturated rings. The van der Waals surface area contributed by atoms with E-state index in [-0.39, 0.29) is 0 Å². The molecule has 0 unspecified atom stereocenters. The molecule has 2 nitrogen and oxygen atoms in total. The van der Waals surface area contributed by atoms with Gasteiger partial charge in [-0.1, -0.05) is 60.7 Å². The van der Waals surface area contributed by atoms with Gasteiger partial charge in [0.25, 0.3) is 0 Å². The summed E-state index contributed by atoms with van der Waals surface area (Å²) in [5, 5.41) is 0. The second-order valence-electron chi connectivity index (χ2n) is 4.74. The third-order valence-corrected chi connectivity index (χ3v) is 3.07. The Morgan fingerprint density at radius 2 is 1.20 bits per heavy atom. The van der Waals surface area contributed by atoms with Crippen LogP contribution in [0.15, 0.2) is 60.7 Å². The van der Waals surface area contributed by atoms with Gasteiger partial charge in [0.15, 0.2) is 0 Å². The van der Waals surface area contributed by atoms with E-state index >= 15 is 0 Å². The summed E-state index contributed by atoms with van der Waals surface area (Å²) in [6.45, 7) is 2.98. The van der Waals surface area contributed by atoms with Crippen LogP contribution in [0.4, 0.5) is 0 Å². The van der Waals surface area contributed by atoms with Crippen LogP contribution in [0.2, 0.25) is 0 Å². The maximum absolute atomic E-state index is 5.61. The normalized spacial score (nSPS) is 10.6. The lowest BCUT2D eigenvalue weighted by Crippen LogP contribution is -2.04. The Morgan fingerprint density at radius 1 is 0.600 bits per heavy atom. The predicted octanol–water partition coefficient (Wildman–Crippen LogP) is 3.85. The number of benzene rings is 2. The summed E-state index contributed by atoms with van der Waals surface area (Å²) >= 11 is 0. The van der Waals surface area contributed by atoms with Gasteiger partial charge in [-0.2, -0.15) is 0 Å². The molecule has 0 amide bonds. The maximum atomic E-state index is 5.61. The topological polar surface area (TPSA) is 18.5 Å². The van der Waals surface area contributed by atoms with Crippen LogP contribution in [0, 0.1) is 0 Å². The average Bonchev–Trinajstić information content (AvgIpc) is 2.52. The third kappa shape index (κ3) is 6.00. The van der Waals surface area contributed by atoms with Crippen LogP contribution in [0.5, 0.6) is 0 Å². The van der Waals surface area contributed by atoms with Gasteiger partial charge in [-0.3, -0.25) is 0 Å². The minimum atomic E-state index is 0.685. The van der Waals surface area contributed by atoms with Gasteiger partial charge in [0, 0.05) is 13.2 Å². The molecule has 106 valence electrons. The van der Waals surface area contributed by atoms with E-state index < -0.39 is 0 Å². The molecule has 0 atom stereocenters. The summed E-state index contributed by atoms with van der Waals surface area (Å²) in [5.74, 6) is 0. The van der Waals surface area contributed by atoms with E-state index in [9.17, 15) is 0 Å². The van der Waals surface area contributed by atoms with Gasteiger partial charge in [-0.15, -0.1) is 0 Å². The zero-order chi connectivity index (χ0) is 13.9. The molecule has 0 aliphatic carbocycles. The van der Waals surface area contributed by atoms with Crippen LogP contribution in [0.3, 0.4) is 0 Å². The van der Waals surface area contributed by atoms with Gasteiger partial charge in [-0.05, 0) is 24.0 Å². The molecule has 0 radical (unpaired) electrons. The van der Waals surface area contributed by atoms with Crippen molar-refractivity contribution in [1.82, 2.24) is 0 Å². The molecular weight excluding hydrogens is 248 g/mol. The molecule has 0 bridgehead atoms. The molecule has 0 aliphatic rings. The van der Waals surface area contributed by atoms with Gasteiger partial charge in [-0.25, -0.2) is 0 Å². The van der Waals surface area contributed by atoms with Crippen LogP contribution >= 0.6 is 0 Å². The summed E-state index contributed by atoms with van der Waals surface area (Å²) in [7, 11) is 0. The molecule has 20 heavy (non-hydrogen) atoms. The SMILES string of the molecule is c1ccc(CCOCCCOCc2ccccc2)cc1. The lowest BCUT2D eigenvalue weighted by Gasteiger charge is -2.06. The van der Waals surface area contributed by atoms with E-state index in [4.69, 9.17) is 9.47 Å². The zero-order valence-corrected chi connectivity index (χ0v) is 11.8. The Kier molecular flexibility index (Phi) is 6.86. The third-order valence-electron chi connectivity index (χ3n) is 3.07. The molecule has 0 aliphatic heterocycles. The van der Waals surface area contributed by atoms with E-state index in [0.717, 1.165) is 32.7 Å². The van der Waals surface area contributed by atoms with Crippen LogP contribution < -0.4 is 0 Å². The summed E-state index contributed by atoms with van der Waals surface area (Å²) in [6, 6.07) is 20.7. The highest BCUT2D eigenvalue weighted by molar-refractivity contribution is 5.14. The highest BCUT2D eigenvalue weighted by Crippen LogP contribution is 2.02. The average molecular weight is 270 g/mol. The number of ether oxygens (including phenoxy) is 2. The maximum Gasteiger partial charge on any atom is 0.0716 e. The van der Waals surface area contributed by atoms with Gasteiger partial charge >= 0.3 is 0 Å². The zero-order valence-electron chi connectivity index (χ0n) is 11.8. The van der Waals surface area contributed by atoms with Crippen molar-refractivity contribution >= 4 is 0 Å². The molecular formula is C18H22O2. The van der Waals surface area contributed by atoms with E-state index in [1.165, 1.54) is 11.1 Å². The van der Waals surface area contributed by atoms with Crippen LogP contribution in [0.1, 0.15) is 17.5 Å². The van der Waals surface area contributed by atoms with E-state index in [1.807, 2.05) is 24.3 Å². The fraction of sp³-hybridized carbons (Fsp3) is 0.333. The van der Waals surface area contributed by atoms with Crippen molar-refractivity contribution in [1.29, 1.82) is 0 Å². The Balaban J connectivity index is 1.44. The summed E-state index contributed by atoms with van der Waals surface area (Å²) < 4.78 is 11.2. The molecule has 0 saturated heterocycles. The first-order valence-electron chi connectivity index (χ1n) is 7.18. The van der Waals surface area contributed by atoms with Crippen molar-refractivity contribution in [3.63, 3.8) is 0 Å². The van der Waals surface area contributed by atoms with E-state index in [1.54, 1.807) is 0 Å². The molecule has 2 heteroatoms. The lowest BCUT2D eigenvalue weighted by molar-refractivity contribution is 0.0768. The molecule has 0 aromatic heterocycles. The van der Waals surface area contributed by atoms with E-state index in [2.05, 4.69) is 36.4 Å². The summed E-state index contributed by atoms with van der Waals surface area (Å²) in [5.41, 5.74) is 2.55. The second-order valence-corrected chi connectivity index (χ2v) is 4.74. The van der Waals surface area contributed by atoms with Crippen LogP contribution in [-0.4, -0.2) is 19.8 Å². The molecule has 0 heterocycles. The molecule has 2 aromatic rings. The Bertz CT molecular complexity index is 408. The highest BCUT2D eigenvalue weighted by atomic mass is 16.5. The van der Waals surface area contributed by atoms with Gasteiger partial charge in [0.1, 0.15) is 0 Å². The largest absolute Gasteiger partial charge is 0.381 e. The fourth-order valence-corrected chi connectivity index (χ4v) is 1.96. The molecule has 0 N–H and O–H groups in total. The Morgan fingerprint density at radius 3 is 1.90 bits per heavy atom. The standard InChI is InChI=1S/C18H22O2/c1-3-8-17(9-4-1)12-15-19-13-7-14-20-16-18-10-5-2-6-11-18/h1-6,8-11H,7,12-16H2. The number of hydrogen-bond donors (Lipinski definition) is 0. The lowest BCUT2D eigenvalue weighted by atomic mass is 10.2. The molecule has 0 spiro atoms. The first-order chi connectivity index (χ1) is 9.95. The highest BCUT2D eigenvalue weighted by Gasteiger charge is 1.94. The summed E-state index contributed by atoms with van der Waals surface area (Å²) in [6.07, 6.45) is 1.92. The monoisotopic (exact) mass is 270 g/mol. The summed E-state index contributed by atoms with van der Waals surface area (Å²) in [4.78, 5) is 0. The van der Waals surface area contributed by atoms with Crippen molar-refractivity contribution in [2.24, 2.45) is 0 Å². The molecule has 0 saturated carbocycles. The number of hydrogen-bond acceptors (Lipinski definition) is 2. The second kappa shape index (κ2) is 9.29. The Labute approximate surface area is 121 Å². The van der Waals surface area contributed by atoms with Crippen molar-refractivity contribution in [3.8, 4) is 0 Å². The van der Waals surface area contributed by atoms with E-state index in [0.29, 0.717) is 6.61 Å². The van der Waals surface area contributed by atoms with Crippen molar-refractivity contribution in [2.45, 2.75) is 19.4 Å². The minimum absolute atomic E-state index is 0.685. The predicted molar refractivity (Wildman–Crippen MR) is 81.7 cm³/mol. The van der Waals surface area contributed by atoms with Crippen molar-refractivity contribution < 1.29 is 9.47 Å². The first-order valence-corrected chi connectivity index (χ1v) is 7.18. The minimum Gasteiger partial charge on any atom is -0.381 e. The first kappa shape index (κ1) is 14.8. The van der Waals surface area contributed by atoms with Crippen molar-refractivity contribution in [3.05, 3.63) is 71.8 Å². The van der Waals surface area contributed by atoms with Crippen molar-refractivity contribution in [2.75, 3.05) is 19.8 Å². The van der Waals surface area contributed by atoms with Gasteiger partial charge in [0.2, 0.25) is 0 Å². The molecule has 2 aromatic carbocycles. The number of rotatable bonds is 9. The fourth-order valence-electron chi connectivity index (χ4n) is 1.96. The molecule has 2 rings (SSSR count).